The third-order valence-electron chi connectivity index (χ3n) is 20.1. The molecule has 0 aliphatic rings. The van der Waals surface area contributed by atoms with Crippen molar-refractivity contribution in [1.82, 2.24) is 29.9 Å². The molecule has 12 heteroatoms. The van der Waals surface area contributed by atoms with Gasteiger partial charge < -0.3 is 17.7 Å². The van der Waals surface area contributed by atoms with Gasteiger partial charge in [0, 0.05) is 128 Å². The SMILES string of the molecule is c1ccc(-c2nc(-c3ccc4c(c3)oc3cccc(-c5cccc6c5sc5ccccc56)c34)nc(-c3cccc4c3sc3ccc(-c5ccc(-c6nc(-c7ccc8c(c7)oc7cccc(-c9cccc%10c9oc9ccccc9%10)c78)nc(-c7cccc8oc9ccccc9c78)n6)cc5)cc34)n2)cc1. The van der Waals surface area contributed by atoms with E-state index in [1.165, 1.54) is 25.7 Å². The number of aromatic nitrogens is 6. The molecule has 22 aromatic rings. The largest absolute Gasteiger partial charge is 0.456 e. The molecule has 474 valence electrons. The monoisotopic (exact) mass is 1340 g/mol. The summed E-state index contributed by atoms with van der Waals surface area (Å²) in [6, 6.07) is 101. The molecular weight excluding hydrogens is 1290 g/mol. The van der Waals surface area contributed by atoms with Crippen molar-refractivity contribution >= 4 is 151 Å². The van der Waals surface area contributed by atoms with Crippen molar-refractivity contribution < 1.29 is 17.7 Å². The molecule has 22 rings (SSSR count). The standard InChI is InChI=1S/C90H48N6O4S2/c1-2-16-50(17-3-1)85-91-88(54-41-44-66-76(48-54)99-73-33-14-22-58(80(66)73)62-26-11-25-61-56-19-6-9-35-77(56)101-83(61)62)96-90(94-85)68-29-12-27-63-69-46-52(42-45-78(69)102-84(63)68)49-36-38-51(39-37-49)86-92-87(95-89(93-86)67-28-15-34-74-81(67)64-20-5-8-31-71(64)97-74)53-40-43-65-75(47-53)98-72-32-13-21-57(79(65)72)60-24-10-23-59-55-18-4-7-30-70(55)100-82(59)60/h1-48H. The molecule has 0 fully saturated rings. The number of para-hydroxylation sites is 3. The molecule has 10 nitrogen and oxygen atoms in total. The maximum atomic E-state index is 6.76. The predicted octanol–water partition coefficient (Wildman–Crippen LogP) is 25.4. The fourth-order valence-corrected chi connectivity index (χ4v) is 17.7. The molecule has 102 heavy (non-hydrogen) atoms. The summed E-state index contributed by atoms with van der Waals surface area (Å²) in [5, 5.41) is 13.0. The lowest BCUT2D eigenvalue weighted by molar-refractivity contribution is 0.668. The number of fused-ring (bicyclic) bond motifs is 18. The minimum Gasteiger partial charge on any atom is -0.456 e. The summed E-state index contributed by atoms with van der Waals surface area (Å²) in [4.78, 5) is 31.7. The summed E-state index contributed by atoms with van der Waals surface area (Å²) in [6.07, 6.45) is 0. The maximum Gasteiger partial charge on any atom is 0.165 e. The second-order valence-corrected chi connectivity index (χ2v) is 28.0. The Morgan fingerprint density at radius 2 is 0.598 bits per heavy atom. The maximum absolute atomic E-state index is 6.76. The average Bonchev–Trinajstić information content (AvgIpc) is 1.58. The van der Waals surface area contributed by atoms with Gasteiger partial charge in [-0.3, -0.25) is 0 Å². The summed E-state index contributed by atoms with van der Waals surface area (Å²) in [5.41, 5.74) is 17.9. The van der Waals surface area contributed by atoms with Crippen LogP contribution < -0.4 is 0 Å². The van der Waals surface area contributed by atoms with Gasteiger partial charge in [0.25, 0.3) is 0 Å². The van der Waals surface area contributed by atoms with Gasteiger partial charge in [0.05, 0.1) is 0 Å². The van der Waals surface area contributed by atoms with E-state index in [1.807, 2.05) is 102 Å². The molecule has 0 saturated carbocycles. The van der Waals surface area contributed by atoms with Gasteiger partial charge in [-0.1, -0.05) is 212 Å². The molecule has 0 aliphatic heterocycles. The van der Waals surface area contributed by atoms with Crippen molar-refractivity contribution in [2.24, 2.45) is 0 Å². The van der Waals surface area contributed by atoms with Crippen LogP contribution in [0.15, 0.2) is 309 Å². The highest BCUT2D eigenvalue weighted by atomic mass is 32.1. The van der Waals surface area contributed by atoms with Crippen LogP contribution in [0.4, 0.5) is 0 Å². The fourth-order valence-electron chi connectivity index (χ4n) is 15.3. The molecule has 0 atom stereocenters. The van der Waals surface area contributed by atoms with Gasteiger partial charge in [-0.15, -0.1) is 22.7 Å². The number of furan rings is 4. The van der Waals surface area contributed by atoms with Gasteiger partial charge in [0.15, 0.2) is 34.9 Å². The van der Waals surface area contributed by atoms with E-state index in [9.17, 15) is 0 Å². The van der Waals surface area contributed by atoms with Crippen LogP contribution in [0.2, 0.25) is 0 Å². The lowest BCUT2D eigenvalue weighted by atomic mass is 9.97. The highest BCUT2D eigenvalue weighted by Gasteiger charge is 2.25. The summed E-state index contributed by atoms with van der Waals surface area (Å²) < 4.78 is 31.3. The van der Waals surface area contributed by atoms with Crippen LogP contribution in [-0.2, 0) is 0 Å². The van der Waals surface area contributed by atoms with Gasteiger partial charge in [-0.2, -0.15) is 0 Å². The van der Waals surface area contributed by atoms with Crippen molar-refractivity contribution in [3.63, 3.8) is 0 Å². The first-order valence-corrected chi connectivity index (χ1v) is 35.4. The lowest BCUT2D eigenvalue weighted by Gasteiger charge is -2.10. The Morgan fingerprint density at radius 3 is 1.27 bits per heavy atom. The first-order valence-electron chi connectivity index (χ1n) is 33.8. The second-order valence-electron chi connectivity index (χ2n) is 25.9. The molecule has 0 unspecified atom stereocenters. The smallest absolute Gasteiger partial charge is 0.165 e. The third-order valence-corrected chi connectivity index (χ3v) is 22.5. The molecule has 14 aromatic carbocycles. The number of thiophene rings is 2. The zero-order chi connectivity index (χ0) is 66.7. The average molecular weight is 1340 g/mol. The Hall–Kier alpha value is -13.3. The van der Waals surface area contributed by atoms with E-state index in [0.717, 1.165) is 164 Å². The molecule has 0 radical (unpaired) electrons. The molecule has 0 bridgehead atoms. The van der Waals surface area contributed by atoms with Gasteiger partial charge in [-0.25, -0.2) is 29.9 Å². The summed E-state index contributed by atoms with van der Waals surface area (Å²) in [6.45, 7) is 0. The Kier molecular flexibility index (Phi) is 12.3. The van der Waals surface area contributed by atoms with E-state index in [2.05, 4.69) is 200 Å². The first-order chi connectivity index (χ1) is 50.5. The molecule has 0 N–H and O–H groups in total. The molecule has 0 saturated heterocycles. The van der Waals surface area contributed by atoms with Gasteiger partial charge in [-0.05, 0) is 101 Å². The fraction of sp³-hybridized carbons (Fsp3) is 0. The summed E-state index contributed by atoms with van der Waals surface area (Å²) in [7, 11) is 0. The van der Waals surface area contributed by atoms with E-state index in [0.29, 0.717) is 40.5 Å². The third kappa shape index (κ3) is 8.83. The second kappa shape index (κ2) is 22.1. The van der Waals surface area contributed by atoms with Crippen LogP contribution in [0, 0.1) is 0 Å². The number of benzene rings is 14. The minimum absolute atomic E-state index is 0.508. The van der Waals surface area contributed by atoms with Crippen LogP contribution in [0.1, 0.15) is 0 Å². The number of hydrogen-bond acceptors (Lipinski definition) is 12. The van der Waals surface area contributed by atoms with Crippen LogP contribution in [-0.4, -0.2) is 29.9 Å². The molecule has 8 aromatic heterocycles. The molecule has 8 heterocycles. The Morgan fingerprint density at radius 1 is 0.196 bits per heavy atom. The Labute approximate surface area is 587 Å². The molecule has 0 amide bonds. The highest BCUT2D eigenvalue weighted by molar-refractivity contribution is 7.26. The lowest BCUT2D eigenvalue weighted by Crippen LogP contribution is -2.00. The minimum atomic E-state index is 0.508. The highest BCUT2D eigenvalue weighted by Crippen LogP contribution is 2.48. The van der Waals surface area contributed by atoms with Crippen LogP contribution in [0.3, 0.4) is 0 Å². The zero-order valence-corrected chi connectivity index (χ0v) is 55.5. The van der Waals surface area contributed by atoms with E-state index >= 15 is 0 Å². The van der Waals surface area contributed by atoms with E-state index in [-0.39, 0.29) is 0 Å². The van der Waals surface area contributed by atoms with Crippen LogP contribution in [0.5, 0.6) is 0 Å². The number of rotatable bonds is 9. The summed E-state index contributed by atoms with van der Waals surface area (Å²) in [5.74, 6) is 3.30. The zero-order valence-electron chi connectivity index (χ0n) is 53.8. The Bertz CT molecular complexity index is 7280. The van der Waals surface area contributed by atoms with Crippen molar-refractivity contribution in [3.05, 3.63) is 291 Å². The molecule has 0 aliphatic carbocycles. The molecule has 0 spiro atoms. The first kappa shape index (κ1) is 56.7. The predicted molar refractivity (Wildman–Crippen MR) is 417 cm³/mol. The van der Waals surface area contributed by atoms with Crippen LogP contribution >= 0.6 is 22.7 Å². The normalized spacial score (nSPS) is 12.1. The van der Waals surface area contributed by atoms with Gasteiger partial charge >= 0.3 is 0 Å². The van der Waals surface area contributed by atoms with Crippen molar-refractivity contribution in [3.8, 4) is 102 Å². The number of hydrogen-bond donors (Lipinski definition) is 0. The van der Waals surface area contributed by atoms with Gasteiger partial charge in [0.2, 0.25) is 0 Å². The van der Waals surface area contributed by atoms with Gasteiger partial charge in [0.1, 0.15) is 44.7 Å². The Balaban J connectivity index is 0.625. The van der Waals surface area contributed by atoms with Crippen molar-refractivity contribution in [1.29, 1.82) is 0 Å². The molecular formula is C90H48N6O4S2. The van der Waals surface area contributed by atoms with E-state index < -0.39 is 0 Å². The van der Waals surface area contributed by atoms with Crippen LogP contribution in [0.25, 0.3) is 230 Å². The van der Waals surface area contributed by atoms with Crippen molar-refractivity contribution in [2.45, 2.75) is 0 Å². The topological polar surface area (TPSA) is 130 Å². The van der Waals surface area contributed by atoms with E-state index in [4.69, 9.17) is 47.6 Å². The quantitative estimate of drug-likeness (QED) is 0.138. The summed E-state index contributed by atoms with van der Waals surface area (Å²) >= 11 is 3.58. The van der Waals surface area contributed by atoms with Crippen molar-refractivity contribution in [2.75, 3.05) is 0 Å². The number of nitrogens with zero attached hydrogens (tertiary/aromatic N) is 6. The van der Waals surface area contributed by atoms with E-state index in [1.54, 1.807) is 11.3 Å².